The van der Waals surface area contributed by atoms with E-state index >= 15 is 0 Å². The first-order valence-corrected chi connectivity index (χ1v) is 13.1. The zero-order chi connectivity index (χ0) is 25.0. The van der Waals surface area contributed by atoms with E-state index in [9.17, 15) is 13.2 Å². The van der Waals surface area contributed by atoms with E-state index in [1.807, 2.05) is 32.0 Å². The Morgan fingerprint density at radius 3 is 2.71 bits per heavy atom. The van der Waals surface area contributed by atoms with Gasteiger partial charge < -0.3 is 14.5 Å². The lowest BCUT2D eigenvalue weighted by molar-refractivity contribution is -0.181. The van der Waals surface area contributed by atoms with Crippen molar-refractivity contribution < 1.29 is 17.9 Å². The molecule has 3 aliphatic heterocycles. The quantitative estimate of drug-likeness (QED) is 0.513. The fraction of sp³-hybridized carbons (Fsp3) is 0.560. The SMILES string of the molecule is CC1=NN(c2c(F)cccc2CN(C)C)CC1CN1CCC2(CC1)OCC(F)(F)c1cc(Cl)sc12. The smallest absolute Gasteiger partial charge is 0.297 e. The minimum absolute atomic E-state index is 0.0278. The maximum absolute atomic E-state index is 14.8. The normalized spacial score (nSPS) is 23.7. The Balaban J connectivity index is 1.26. The van der Waals surface area contributed by atoms with Gasteiger partial charge in [-0.25, -0.2) is 4.39 Å². The summed E-state index contributed by atoms with van der Waals surface area (Å²) >= 11 is 7.34. The molecule has 1 aromatic heterocycles. The van der Waals surface area contributed by atoms with Crippen molar-refractivity contribution in [2.45, 2.75) is 37.8 Å². The van der Waals surface area contributed by atoms with Gasteiger partial charge >= 0.3 is 0 Å². The fourth-order valence-electron chi connectivity index (χ4n) is 5.43. The van der Waals surface area contributed by atoms with Crippen LogP contribution in [0.25, 0.3) is 0 Å². The topological polar surface area (TPSA) is 31.3 Å². The predicted octanol–water partition coefficient (Wildman–Crippen LogP) is 5.53. The Labute approximate surface area is 213 Å². The van der Waals surface area contributed by atoms with Gasteiger partial charge in [0.1, 0.15) is 18.0 Å². The number of hydrogen-bond donors (Lipinski definition) is 0. The number of hydrazone groups is 1. The lowest BCUT2D eigenvalue weighted by atomic mass is 9.84. The van der Waals surface area contributed by atoms with E-state index in [1.165, 1.54) is 23.5 Å². The molecular weight excluding hydrogens is 497 g/mol. The Morgan fingerprint density at radius 2 is 2.00 bits per heavy atom. The molecule has 35 heavy (non-hydrogen) atoms. The highest BCUT2D eigenvalue weighted by atomic mass is 35.5. The van der Waals surface area contributed by atoms with Crippen LogP contribution in [-0.2, 0) is 22.8 Å². The number of hydrogen-bond acceptors (Lipinski definition) is 6. The maximum atomic E-state index is 14.8. The molecule has 0 N–H and O–H groups in total. The summed E-state index contributed by atoms with van der Waals surface area (Å²) in [5.74, 6) is -3.10. The molecule has 1 saturated heterocycles. The Morgan fingerprint density at radius 1 is 1.26 bits per heavy atom. The molecule has 1 aromatic carbocycles. The Bertz CT molecular complexity index is 1130. The molecule has 0 saturated carbocycles. The minimum Gasteiger partial charge on any atom is -0.363 e. The summed E-state index contributed by atoms with van der Waals surface area (Å²) in [5, 5.41) is 6.51. The number of anilines is 1. The second kappa shape index (κ2) is 9.34. The number of benzene rings is 1. The summed E-state index contributed by atoms with van der Waals surface area (Å²) in [6.07, 6.45) is 1.28. The standard InChI is InChI=1S/C25H30ClF3N4OS/c1-16-18(14-33(30-16)22-17(12-31(2)3)5-4-6-20(22)27)13-32-9-7-24(8-10-32)23-19(11-21(26)35-23)25(28,29)15-34-24/h4-6,11,18H,7-10,12-15H2,1-3H3. The second-order valence-corrected chi connectivity index (χ2v) is 11.8. The zero-order valence-electron chi connectivity index (χ0n) is 20.2. The highest BCUT2D eigenvalue weighted by Gasteiger charge is 2.51. The van der Waals surface area contributed by atoms with Crippen LogP contribution in [0.1, 0.15) is 35.8 Å². The van der Waals surface area contributed by atoms with Crippen LogP contribution < -0.4 is 5.01 Å². The molecular formula is C25H30ClF3N4OS. The Hall–Kier alpha value is -1.65. The van der Waals surface area contributed by atoms with Crippen LogP contribution in [0.3, 0.4) is 0 Å². The molecule has 0 radical (unpaired) electrons. The van der Waals surface area contributed by atoms with E-state index in [-0.39, 0.29) is 17.3 Å². The van der Waals surface area contributed by atoms with E-state index < -0.39 is 18.1 Å². The Kier molecular flexibility index (Phi) is 6.68. The second-order valence-electron chi connectivity index (χ2n) is 10.1. The summed E-state index contributed by atoms with van der Waals surface area (Å²) < 4.78 is 49.9. The molecule has 0 aliphatic carbocycles. The van der Waals surface area contributed by atoms with Crippen LogP contribution in [-0.4, -0.2) is 62.4 Å². The van der Waals surface area contributed by atoms with E-state index in [1.54, 1.807) is 11.1 Å². The molecule has 190 valence electrons. The van der Waals surface area contributed by atoms with Crippen molar-refractivity contribution in [3.05, 3.63) is 50.4 Å². The molecule has 1 atom stereocenters. The van der Waals surface area contributed by atoms with Crippen molar-refractivity contribution in [2.75, 3.05) is 51.9 Å². The highest BCUT2D eigenvalue weighted by Crippen LogP contribution is 2.52. The molecule has 0 amide bonds. The largest absolute Gasteiger partial charge is 0.363 e. The minimum atomic E-state index is -3.00. The number of halogens is 4. The third-order valence-electron chi connectivity index (χ3n) is 7.26. The van der Waals surface area contributed by atoms with Crippen molar-refractivity contribution in [1.82, 2.24) is 9.80 Å². The summed E-state index contributed by atoms with van der Waals surface area (Å²) in [6, 6.07) is 6.56. The van der Waals surface area contributed by atoms with Gasteiger partial charge in [-0.15, -0.1) is 11.3 Å². The first-order chi connectivity index (χ1) is 16.6. The molecule has 5 rings (SSSR count). The van der Waals surface area contributed by atoms with Gasteiger partial charge in [0.15, 0.2) is 0 Å². The third-order valence-corrected chi connectivity index (χ3v) is 8.71. The lowest BCUT2D eigenvalue weighted by Gasteiger charge is -2.45. The van der Waals surface area contributed by atoms with Crippen molar-refractivity contribution in [1.29, 1.82) is 0 Å². The number of alkyl halides is 2. The predicted molar refractivity (Wildman–Crippen MR) is 134 cm³/mol. The highest BCUT2D eigenvalue weighted by molar-refractivity contribution is 7.16. The van der Waals surface area contributed by atoms with Crippen molar-refractivity contribution in [2.24, 2.45) is 11.0 Å². The van der Waals surface area contributed by atoms with Gasteiger partial charge in [-0.05, 0) is 51.6 Å². The number of thiophene rings is 1. The van der Waals surface area contributed by atoms with Crippen LogP contribution in [0.15, 0.2) is 29.4 Å². The lowest BCUT2D eigenvalue weighted by Crippen LogP contribution is -2.50. The van der Waals surface area contributed by atoms with Crippen LogP contribution in [0, 0.1) is 11.7 Å². The summed E-state index contributed by atoms with van der Waals surface area (Å²) in [6.45, 7) is 4.88. The average molecular weight is 527 g/mol. The van der Waals surface area contributed by atoms with Crippen molar-refractivity contribution in [3.63, 3.8) is 0 Å². The average Bonchev–Trinajstić information content (AvgIpc) is 3.36. The molecule has 4 heterocycles. The number of nitrogens with zero attached hydrogens (tertiary/aromatic N) is 4. The van der Waals surface area contributed by atoms with E-state index in [0.717, 1.165) is 30.9 Å². The van der Waals surface area contributed by atoms with Crippen LogP contribution in [0.2, 0.25) is 4.34 Å². The van der Waals surface area contributed by atoms with Crippen LogP contribution in [0.5, 0.6) is 0 Å². The van der Waals surface area contributed by atoms with E-state index in [4.69, 9.17) is 21.4 Å². The summed E-state index contributed by atoms with van der Waals surface area (Å²) in [5.41, 5.74) is 1.76. The van der Waals surface area contributed by atoms with Crippen LogP contribution in [0.4, 0.5) is 18.9 Å². The summed E-state index contributed by atoms with van der Waals surface area (Å²) in [7, 11) is 3.92. The van der Waals surface area contributed by atoms with E-state index in [0.29, 0.717) is 40.8 Å². The number of piperidine rings is 1. The van der Waals surface area contributed by atoms with Gasteiger partial charge in [0, 0.05) is 48.2 Å². The molecule has 2 aromatic rings. The molecule has 10 heteroatoms. The van der Waals surface area contributed by atoms with Gasteiger partial charge in [0.2, 0.25) is 0 Å². The first kappa shape index (κ1) is 25.0. The van der Waals surface area contributed by atoms with Gasteiger partial charge in [-0.1, -0.05) is 23.7 Å². The molecule has 1 unspecified atom stereocenters. The molecule has 1 spiro atoms. The number of fused-ring (bicyclic) bond motifs is 2. The van der Waals surface area contributed by atoms with Gasteiger partial charge in [-0.2, -0.15) is 13.9 Å². The molecule has 0 bridgehead atoms. The number of likely N-dealkylation sites (tertiary alicyclic amines) is 1. The molecule has 3 aliphatic rings. The van der Waals surface area contributed by atoms with Crippen molar-refractivity contribution in [3.8, 4) is 0 Å². The van der Waals surface area contributed by atoms with Gasteiger partial charge in [0.25, 0.3) is 5.92 Å². The van der Waals surface area contributed by atoms with E-state index in [2.05, 4.69) is 4.90 Å². The van der Waals surface area contributed by atoms with Gasteiger partial charge in [-0.3, -0.25) is 5.01 Å². The number of para-hydroxylation sites is 1. The van der Waals surface area contributed by atoms with Crippen molar-refractivity contribution >= 4 is 34.3 Å². The molecule has 1 fully saturated rings. The summed E-state index contributed by atoms with van der Waals surface area (Å²) in [4.78, 5) is 4.93. The first-order valence-electron chi connectivity index (χ1n) is 11.9. The zero-order valence-corrected chi connectivity index (χ0v) is 21.7. The van der Waals surface area contributed by atoms with Crippen LogP contribution >= 0.6 is 22.9 Å². The third kappa shape index (κ3) is 4.73. The monoisotopic (exact) mass is 526 g/mol. The van der Waals surface area contributed by atoms with Gasteiger partial charge in [0.05, 0.1) is 16.6 Å². The molecule has 5 nitrogen and oxygen atoms in total. The maximum Gasteiger partial charge on any atom is 0.297 e. The number of rotatable bonds is 5. The fourth-order valence-corrected chi connectivity index (χ4v) is 6.90. The number of ether oxygens (including phenoxy) is 1.